The van der Waals surface area contributed by atoms with Crippen LogP contribution in [0.4, 0.5) is 5.69 Å². The van der Waals surface area contributed by atoms with Gasteiger partial charge < -0.3 is 10.6 Å². The van der Waals surface area contributed by atoms with Crippen LogP contribution < -0.4 is 10.6 Å². The van der Waals surface area contributed by atoms with Crippen molar-refractivity contribution in [3.8, 4) is 0 Å². The van der Waals surface area contributed by atoms with E-state index in [-0.39, 0.29) is 23.9 Å². The van der Waals surface area contributed by atoms with Crippen molar-refractivity contribution in [1.82, 2.24) is 24.9 Å². The molecule has 136 valence electrons. The van der Waals surface area contributed by atoms with E-state index in [4.69, 9.17) is 0 Å². The van der Waals surface area contributed by atoms with Crippen LogP contribution in [-0.4, -0.2) is 37.9 Å². The molecule has 2 aromatic heterocycles. The van der Waals surface area contributed by atoms with Gasteiger partial charge in [-0.2, -0.15) is 10.2 Å². The number of carbonyl (C=O) groups is 2. The Bertz CT molecular complexity index is 731. The number of amides is 2. The lowest BCUT2D eigenvalue weighted by Gasteiger charge is -2.08. The molecule has 8 heteroatoms. The standard InChI is InChI=1S/C17H26N6O2/c1-5-22-11-14(16(21-22)17(25)18-10-12(2)3)20-15(24)7-9-23-13(4)6-8-19-23/h6,8,11-12H,5,7,9-10H2,1-4H3,(H,18,25)(H,20,24). The molecule has 8 nitrogen and oxygen atoms in total. The molecule has 0 aliphatic rings. The minimum Gasteiger partial charge on any atom is -0.350 e. The maximum absolute atomic E-state index is 12.3. The van der Waals surface area contributed by atoms with Crippen LogP contribution in [-0.2, 0) is 17.9 Å². The van der Waals surface area contributed by atoms with Gasteiger partial charge in [0.1, 0.15) is 0 Å². The first-order valence-electron chi connectivity index (χ1n) is 8.54. The van der Waals surface area contributed by atoms with Crippen LogP contribution in [0.5, 0.6) is 0 Å². The molecular formula is C17H26N6O2. The highest BCUT2D eigenvalue weighted by atomic mass is 16.2. The summed E-state index contributed by atoms with van der Waals surface area (Å²) in [6.45, 7) is 9.57. The summed E-state index contributed by atoms with van der Waals surface area (Å²) in [5, 5.41) is 14.0. The molecule has 0 aliphatic carbocycles. The minimum atomic E-state index is -0.279. The fourth-order valence-electron chi connectivity index (χ4n) is 2.28. The first kappa shape index (κ1) is 18.7. The summed E-state index contributed by atoms with van der Waals surface area (Å²) in [4.78, 5) is 24.6. The van der Waals surface area contributed by atoms with E-state index in [1.807, 2.05) is 33.8 Å². The van der Waals surface area contributed by atoms with Gasteiger partial charge in [0.15, 0.2) is 5.69 Å². The molecule has 2 aromatic rings. The van der Waals surface area contributed by atoms with Crippen LogP contribution in [0.3, 0.4) is 0 Å². The molecule has 25 heavy (non-hydrogen) atoms. The highest BCUT2D eigenvalue weighted by Gasteiger charge is 2.18. The van der Waals surface area contributed by atoms with E-state index in [1.165, 1.54) is 0 Å². The lowest BCUT2D eigenvalue weighted by molar-refractivity contribution is -0.116. The van der Waals surface area contributed by atoms with Crippen LogP contribution in [0.25, 0.3) is 0 Å². The molecule has 2 amide bonds. The number of anilines is 1. The smallest absolute Gasteiger partial charge is 0.273 e. The van der Waals surface area contributed by atoms with E-state index in [9.17, 15) is 9.59 Å². The normalized spacial score (nSPS) is 10.9. The predicted molar refractivity (Wildman–Crippen MR) is 95.3 cm³/mol. The maximum atomic E-state index is 12.3. The van der Waals surface area contributed by atoms with Crippen molar-refractivity contribution in [3.05, 3.63) is 29.8 Å². The Hall–Kier alpha value is -2.64. The van der Waals surface area contributed by atoms with Crippen LogP contribution in [0.2, 0.25) is 0 Å². The van der Waals surface area contributed by atoms with Gasteiger partial charge in [0.05, 0.1) is 5.69 Å². The maximum Gasteiger partial charge on any atom is 0.273 e. The van der Waals surface area contributed by atoms with Crippen molar-refractivity contribution >= 4 is 17.5 Å². The fraction of sp³-hybridized carbons (Fsp3) is 0.529. The second-order valence-corrected chi connectivity index (χ2v) is 6.34. The lowest BCUT2D eigenvalue weighted by Crippen LogP contribution is -2.29. The van der Waals surface area contributed by atoms with Crippen LogP contribution >= 0.6 is 0 Å². The van der Waals surface area contributed by atoms with E-state index < -0.39 is 0 Å². The molecule has 0 aliphatic heterocycles. The van der Waals surface area contributed by atoms with Gasteiger partial charge in [-0.1, -0.05) is 13.8 Å². The van der Waals surface area contributed by atoms with E-state index in [1.54, 1.807) is 21.8 Å². The molecule has 0 unspecified atom stereocenters. The SMILES string of the molecule is CCn1cc(NC(=O)CCn2nccc2C)c(C(=O)NCC(C)C)n1. The van der Waals surface area contributed by atoms with Gasteiger partial charge in [0.25, 0.3) is 5.91 Å². The summed E-state index contributed by atoms with van der Waals surface area (Å²) < 4.78 is 3.41. The summed E-state index contributed by atoms with van der Waals surface area (Å²) >= 11 is 0. The quantitative estimate of drug-likeness (QED) is 0.762. The molecule has 0 saturated carbocycles. The van der Waals surface area contributed by atoms with Crippen molar-refractivity contribution in [2.45, 2.75) is 47.2 Å². The number of nitrogens with one attached hydrogen (secondary N) is 2. The van der Waals surface area contributed by atoms with Crippen molar-refractivity contribution in [2.75, 3.05) is 11.9 Å². The summed E-state index contributed by atoms with van der Waals surface area (Å²) in [6, 6.07) is 1.89. The predicted octanol–water partition coefficient (Wildman–Crippen LogP) is 1.82. The highest BCUT2D eigenvalue weighted by molar-refractivity contribution is 6.02. The zero-order valence-corrected chi connectivity index (χ0v) is 15.2. The van der Waals surface area contributed by atoms with Gasteiger partial charge in [-0.3, -0.25) is 19.0 Å². The molecule has 0 fully saturated rings. The molecule has 2 N–H and O–H groups in total. The number of hydrogen-bond acceptors (Lipinski definition) is 4. The Morgan fingerprint density at radius 3 is 2.68 bits per heavy atom. The third kappa shape index (κ3) is 5.17. The van der Waals surface area contributed by atoms with Gasteiger partial charge >= 0.3 is 0 Å². The van der Waals surface area contributed by atoms with Gasteiger partial charge in [0, 0.05) is 44.1 Å². The van der Waals surface area contributed by atoms with Crippen molar-refractivity contribution < 1.29 is 9.59 Å². The van der Waals surface area contributed by atoms with Crippen molar-refractivity contribution in [2.24, 2.45) is 5.92 Å². The molecule has 2 heterocycles. The molecule has 0 bridgehead atoms. The van der Waals surface area contributed by atoms with Crippen molar-refractivity contribution in [3.63, 3.8) is 0 Å². The number of aromatic nitrogens is 4. The number of nitrogens with zero attached hydrogens (tertiary/aromatic N) is 4. The van der Waals surface area contributed by atoms with Crippen LogP contribution in [0.1, 0.15) is 43.4 Å². The zero-order chi connectivity index (χ0) is 18.4. The molecular weight excluding hydrogens is 320 g/mol. The average Bonchev–Trinajstić information content (AvgIpc) is 3.16. The Morgan fingerprint density at radius 2 is 2.08 bits per heavy atom. The van der Waals surface area contributed by atoms with Crippen molar-refractivity contribution in [1.29, 1.82) is 0 Å². The van der Waals surface area contributed by atoms with Crippen LogP contribution in [0, 0.1) is 12.8 Å². The fourth-order valence-corrected chi connectivity index (χ4v) is 2.28. The minimum absolute atomic E-state index is 0.177. The molecule has 0 saturated heterocycles. The van der Waals surface area contributed by atoms with E-state index in [0.717, 1.165) is 5.69 Å². The first-order valence-corrected chi connectivity index (χ1v) is 8.54. The molecule has 0 spiro atoms. The third-order valence-corrected chi connectivity index (χ3v) is 3.73. The Morgan fingerprint density at radius 1 is 1.32 bits per heavy atom. The second kappa shape index (κ2) is 8.46. The zero-order valence-electron chi connectivity index (χ0n) is 15.2. The first-order chi connectivity index (χ1) is 11.9. The second-order valence-electron chi connectivity index (χ2n) is 6.34. The monoisotopic (exact) mass is 346 g/mol. The Labute approximate surface area is 147 Å². The summed E-state index contributed by atoms with van der Waals surface area (Å²) in [6.07, 6.45) is 3.66. The largest absolute Gasteiger partial charge is 0.350 e. The van der Waals surface area contributed by atoms with Gasteiger partial charge in [-0.25, -0.2) is 0 Å². The lowest BCUT2D eigenvalue weighted by atomic mass is 10.2. The van der Waals surface area contributed by atoms with E-state index >= 15 is 0 Å². The average molecular weight is 346 g/mol. The number of carbonyl (C=O) groups excluding carboxylic acids is 2. The number of aryl methyl sites for hydroxylation is 3. The Balaban J connectivity index is 2.02. The van der Waals surface area contributed by atoms with Gasteiger partial charge in [0.2, 0.25) is 5.91 Å². The number of hydrogen-bond donors (Lipinski definition) is 2. The molecule has 2 rings (SSSR count). The summed E-state index contributed by atoms with van der Waals surface area (Å²) in [5.41, 5.74) is 1.68. The third-order valence-electron chi connectivity index (χ3n) is 3.73. The topological polar surface area (TPSA) is 93.8 Å². The molecule has 0 aromatic carbocycles. The Kier molecular flexibility index (Phi) is 6.32. The summed E-state index contributed by atoms with van der Waals surface area (Å²) in [5.74, 6) is -0.116. The van der Waals surface area contributed by atoms with Gasteiger partial charge in [-0.15, -0.1) is 0 Å². The van der Waals surface area contributed by atoms with Gasteiger partial charge in [-0.05, 0) is 25.8 Å². The van der Waals surface area contributed by atoms with E-state index in [0.29, 0.717) is 31.2 Å². The number of rotatable bonds is 8. The molecule has 0 radical (unpaired) electrons. The molecule has 0 atom stereocenters. The summed E-state index contributed by atoms with van der Waals surface area (Å²) in [7, 11) is 0. The highest BCUT2D eigenvalue weighted by Crippen LogP contribution is 2.15. The van der Waals surface area contributed by atoms with Crippen LogP contribution in [0.15, 0.2) is 18.5 Å². The van der Waals surface area contributed by atoms with E-state index in [2.05, 4.69) is 20.8 Å².